The highest BCUT2D eigenvalue weighted by atomic mass is 35.5. The van der Waals surface area contributed by atoms with Crippen molar-refractivity contribution >= 4 is 34.1 Å². The van der Waals surface area contributed by atoms with Crippen molar-refractivity contribution in [1.82, 2.24) is 25.0 Å². The molecular weight excluding hydrogens is 405 g/mol. The van der Waals surface area contributed by atoms with Gasteiger partial charge in [-0.15, -0.1) is 0 Å². The molecule has 0 unspecified atom stereocenters. The van der Waals surface area contributed by atoms with E-state index < -0.39 is 11.2 Å². The number of aromatic amines is 2. The molecule has 2 heterocycles. The lowest BCUT2D eigenvalue weighted by Crippen LogP contribution is -2.30. The maximum absolute atomic E-state index is 11.9. The Kier molecular flexibility index (Phi) is 4.66. The third kappa shape index (κ3) is 3.28. The first-order valence-corrected chi connectivity index (χ1v) is 9.05. The molecule has 8 nitrogen and oxygen atoms in total. The minimum Gasteiger partial charge on any atom is -0.454 e. The van der Waals surface area contributed by atoms with Crippen molar-refractivity contribution in [3.05, 3.63) is 73.1 Å². The van der Waals surface area contributed by atoms with E-state index in [2.05, 4.69) is 20.3 Å². The van der Waals surface area contributed by atoms with E-state index >= 15 is 0 Å². The van der Waals surface area contributed by atoms with Crippen LogP contribution in [-0.2, 0) is 6.42 Å². The second kappa shape index (κ2) is 7.14. The molecule has 0 aliphatic heterocycles. The topological polar surface area (TPSA) is 106 Å². The first kappa shape index (κ1) is 18.3. The van der Waals surface area contributed by atoms with Gasteiger partial charge in [0.15, 0.2) is 5.75 Å². The van der Waals surface area contributed by atoms with Crippen molar-refractivity contribution < 1.29 is 4.74 Å². The number of aromatic nitrogens is 5. The Morgan fingerprint density at radius 1 is 1.14 bits per heavy atom. The number of benzene rings is 2. The number of fused-ring (bicyclic) bond motifs is 1. The number of ether oxygens (including phenoxy) is 1. The molecule has 28 heavy (non-hydrogen) atoms. The number of nitrogens with zero attached hydrogens (tertiary/aromatic N) is 3. The summed E-state index contributed by atoms with van der Waals surface area (Å²) in [5, 5.41) is 12.3. The van der Waals surface area contributed by atoms with Crippen LogP contribution in [0.25, 0.3) is 16.6 Å². The van der Waals surface area contributed by atoms with Crippen molar-refractivity contribution in [2.75, 3.05) is 0 Å². The predicted molar refractivity (Wildman–Crippen MR) is 106 cm³/mol. The fraction of sp³-hybridized carbons (Fsp3) is 0.111. The van der Waals surface area contributed by atoms with Crippen LogP contribution in [0.1, 0.15) is 12.6 Å². The first-order chi connectivity index (χ1) is 13.5. The highest BCUT2D eigenvalue weighted by Gasteiger charge is 2.14. The molecular formula is C18H13Cl2N5O3. The van der Waals surface area contributed by atoms with E-state index in [1.54, 1.807) is 6.07 Å². The molecule has 0 radical (unpaired) electrons. The molecule has 4 rings (SSSR count). The van der Waals surface area contributed by atoms with Crippen LogP contribution in [0.3, 0.4) is 0 Å². The number of nitrogens with one attached hydrogen (secondary N) is 2. The molecule has 0 saturated heterocycles. The number of hydrogen-bond donors (Lipinski definition) is 2. The average Bonchev–Trinajstić information content (AvgIpc) is 3.07. The van der Waals surface area contributed by atoms with E-state index in [0.29, 0.717) is 11.4 Å². The molecule has 0 saturated carbocycles. The lowest BCUT2D eigenvalue weighted by molar-refractivity contribution is 0.483. The summed E-state index contributed by atoms with van der Waals surface area (Å²) in [5.74, 6) is 0.782. The van der Waals surface area contributed by atoms with Crippen LogP contribution in [0.5, 0.6) is 11.5 Å². The molecule has 0 fully saturated rings. The number of rotatable bonds is 4. The van der Waals surface area contributed by atoms with Gasteiger partial charge in [-0.05, 0) is 36.8 Å². The summed E-state index contributed by atoms with van der Waals surface area (Å²) < 4.78 is 6.87. The summed E-state index contributed by atoms with van der Waals surface area (Å²) in [6, 6.07) is 8.43. The summed E-state index contributed by atoms with van der Waals surface area (Å²) in [5.41, 5.74) is 0.823. The standard InChI is InChI=1S/C18H13Cl2N5O3/c1-2-14-11-7-10(3-4-15(11)24-23-14)28-17-12(19)5-9(6-13(17)20)25-18(27)22-16(26)8-21-25/h3-8H,2H2,1H3,(H,23,24)(H,22,26,27). The van der Waals surface area contributed by atoms with E-state index in [0.717, 1.165) is 33.9 Å². The minimum absolute atomic E-state index is 0.186. The molecule has 2 aromatic carbocycles. The largest absolute Gasteiger partial charge is 0.454 e. The summed E-state index contributed by atoms with van der Waals surface area (Å²) >= 11 is 12.7. The number of halogens is 2. The van der Waals surface area contributed by atoms with Gasteiger partial charge in [0.25, 0.3) is 5.56 Å². The van der Waals surface area contributed by atoms with Gasteiger partial charge < -0.3 is 4.74 Å². The Balaban J connectivity index is 1.73. The summed E-state index contributed by atoms with van der Waals surface area (Å²) in [6.07, 6.45) is 1.76. The summed E-state index contributed by atoms with van der Waals surface area (Å²) in [7, 11) is 0. The smallest absolute Gasteiger partial charge is 0.349 e. The highest BCUT2D eigenvalue weighted by molar-refractivity contribution is 6.37. The third-order valence-electron chi connectivity index (χ3n) is 4.11. The van der Waals surface area contributed by atoms with E-state index in [4.69, 9.17) is 27.9 Å². The number of aryl methyl sites for hydroxylation is 1. The van der Waals surface area contributed by atoms with Crippen LogP contribution in [0.4, 0.5) is 0 Å². The van der Waals surface area contributed by atoms with Gasteiger partial charge in [-0.25, -0.2) is 4.79 Å². The Labute approximate surface area is 167 Å². The Morgan fingerprint density at radius 2 is 1.89 bits per heavy atom. The fourth-order valence-electron chi connectivity index (χ4n) is 2.80. The predicted octanol–water partition coefficient (Wildman–Crippen LogP) is 3.46. The zero-order valence-electron chi connectivity index (χ0n) is 14.5. The summed E-state index contributed by atoms with van der Waals surface area (Å²) in [6.45, 7) is 2.02. The lowest BCUT2D eigenvalue weighted by Gasteiger charge is -2.12. The Hall–Kier alpha value is -3.10. The second-order valence-corrected chi connectivity index (χ2v) is 6.74. The normalized spacial score (nSPS) is 11.1. The van der Waals surface area contributed by atoms with Crippen molar-refractivity contribution in [3.8, 4) is 17.2 Å². The molecule has 0 aliphatic rings. The molecule has 2 aromatic heterocycles. The zero-order chi connectivity index (χ0) is 19.8. The Morgan fingerprint density at radius 3 is 2.57 bits per heavy atom. The molecule has 142 valence electrons. The van der Waals surface area contributed by atoms with Crippen LogP contribution in [0, 0.1) is 0 Å². The minimum atomic E-state index is -0.703. The van der Waals surface area contributed by atoms with Gasteiger partial charge in [0.05, 0.1) is 26.9 Å². The van der Waals surface area contributed by atoms with Crippen LogP contribution in [-0.4, -0.2) is 25.0 Å². The van der Waals surface area contributed by atoms with Gasteiger partial charge in [-0.1, -0.05) is 30.1 Å². The second-order valence-electron chi connectivity index (χ2n) is 5.92. The first-order valence-electron chi connectivity index (χ1n) is 8.29. The van der Waals surface area contributed by atoms with Crippen molar-refractivity contribution in [1.29, 1.82) is 0 Å². The molecule has 0 aliphatic carbocycles. The molecule has 2 N–H and O–H groups in total. The van der Waals surface area contributed by atoms with Crippen LogP contribution in [0.2, 0.25) is 10.0 Å². The zero-order valence-corrected chi connectivity index (χ0v) is 16.0. The van der Waals surface area contributed by atoms with Gasteiger partial charge in [0.1, 0.15) is 11.9 Å². The summed E-state index contributed by atoms with van der Waals surface area (Å²) in [4.78, 5) is 25.2. The van der Waals surface area contributed by atoms with Gasteiger partial charge >= 0.3 is 5.69 Å². The number of H-pyrrole nitrogens is 2. The van der Waals surface area contributed by atoms with E-state index in [1.165, 1.54) is 12.1 Å². The maximum atomic E-state index is 11.9. The fourth-order valence-corrected chi connectivity index (χ4v) is 3.35. The van der Waals surface area contributed by atoms with E-state index in [-0.39, 0.29) is 15.8 Å². The monoisotopic (exact) mass is 417 g/mol. The van der Waals surface area contributed by atoms with Gasteiger partial charge in [-0.2, -0.15) is 14.9 Å². The van der Waals surface area contributed by atoms with Gasteiger partial charge in [-0.3, -0.25) is 14.9 Å². The average molecular weight is 418 g/mol. The highest BCUT2D eigenvalue weighted by Crippen LogP contribution is 2.38. The quantitative estimate of drug-likeness (QED) is 0.528. The molecule has 0 bridgehead atoms. The molecule has 0 atom stereocenters. The molecule has 0 spiro atoms. The molecule has 10 heteroatoms. The molecule has 0 amide bonds. The third-order valence-corrected chi connectivity index (χ3v) is 4.67. The van der Waals surface area contributed by atoms with Crippen LogP contribution >= 0.6 is 23.2 Å². The van der Waals surface area contributed by atoms with Crippen molar-refractivity contribution in [2.24, 2.45) is 0 Å². The van der Waals surface area contributed by atoms with E-state index in [1.807, 2.05) is 19.1 Å². The van der Waals surface area contributed by atoms with Gasteiger partial charge in [0.2, 0.25) is 0 Å². The van der Waals surface area contributed by atoms with Gasteiger partial charge in [0, 0.05) is 5.39 Å². The Bertz CT molecular complexity index is 1290. The van der Waals surface area contributed by atoms with E-state index in [9.17, 15) is 9.59 Å². The lowest BCUT2D eigenvalue weighted by atomic mass is 10.2. The van der Waals surface area contributed by atoms with Crippen molar-refractivity contribution in [2.45, 2.75) is 13.3 Å². The number of hydrogen-bond acceptors (Lipinski definition) is 5. The maximum Gasteiger partial charge on any atom is 0.349 e. The van der Waals surface area contributed by atoms with Crippen molar-refractivity contribution in [3.63, 3.8) is 0 Å². The van der Waals surface area contributed by atoms with Crippen LogP contribution in [0.15, 0.2) is 46.1 Å². The van der Waals surface area contributed by atoms with Crippen LogP contribution < -0.4 is 16.0 Å². The molecule has 4 aromatic rings. The SMILES string of the molecule is CCc1n[nH]c2ccc(Oc3c(Cl)cc(-n4ncc(=O)[nH]c4=O)cc3Cl)cc12.